The lowest BCUT2D eigenvalue weighted by Crippen LogP contribution is -2.36. The van der Waals surface area contributed by atoms with Gasteiger partial charge in [0.15, 0.2) is 0 Å². The van der Waals surface area contributed by atoms with Crippen molar-refractivity contribution in [2.75, 3.05) is 11.9 Å². The Labute approximate surface area is 109 Å². The summed E-state index contributed by atoms with van der Waals surface area (Å²) in [6.45, 7) is 0.289. The molecule has 19 heavy (non-hydrogen) atoms. The Kier molecular flexibility index (Phi) is 3.97. The highest BCUT2D eigenvalue weighted by atomic mass is 16.2. The highest BCUT2D eigenvalue weighted by molar-refractivity contribution is 6.04. The van der Waals surface area contributed by atoms with Gasteiger partial charge in [0.2, 0.25) is 0 Å². The van der Waals surface area contributed by atoms with Crippen LogP contribution in [-0.2, 0) is 4.79 Å². The molecule has 0 bridgehead atoms. The van der Waals surface area contributed by atoms with Crippen molar-refractivity contribution >= 4 is 23.7 Å². The van der Waals surface area contributed by atoms with Crippen molar-refractivity contribution in [3.05, 3.63) is 30.3 Å². The highest BCUT2D eigenvalue weighted by Gasteiger charge is 2.28. The van der Waals surface area contributed by atoms with Gasteiger partial charge in [-0.15, -0.1) is 0 Å². The second-order valence-electron chi connectivity index (χ2n) is 4.05. The number of urea groups is 2. The summed E-state index contributed by atoms with van der Waals surface area (Å²) in [5.74, 6) is -0.365. The van der Waals surface area contributed by atoms with Gasteiger partial charge in [-0.25, -0.2) is 9.59 Å². The predicted molar refractivity (Wildman–Crippen MR) is 68.5 cm³/mol. The van der Waals surface area contributed by atoms with Gasteiger partial charge < -0.3 is 16.0 Å². The second kappa shape index (κ2) is 5.85. The van der Waals surface area contributed by atoms with Crippen molar-refractivity contribution in [3.63, 3.8) is 0 Å². The fraction of sp³-hybridized carbons (Fsp3) is 0.250. The molecule has 5 amide bonds. The van der Waals surface area contributed by atoms with Crippen molar-refractivity contribution in [1.29, 1.82) is 0 Å². The van der Waals surface area contributed by atoms with Gasteiger partial charge in [-0.2, -0.15) is 0 Å². The summed E-state index contributed by atoms with van der Waals surface area (Å²) in [5, 5.41) is 9.84. The fourth-order valence-electron chi connectivity index (χ4n) is 1.69. The van der Waals surface area contributed by atoms with E-state index in [0.29, 0.717) is 12.1 Å². The van der Waals surface area contributed by atoms with Crippen molar-refractivity contribution in [2.24, 2.45) is 0 Å². The Hall–Kier alpha value is -2.57. The lowest BCUT2D eigenvalue weighted by atomic mass is 10.2. The number of hydrogen-bond acceptors (Lipinski definition) is 3. The first-order chi connectivity index (χ1) is 9.15. The molecule has 1 aromatic carbocycles. The van der Waals surface area contributed by atoms with Crippen LogP contribution in [0.4, 0.5) is 15.3 Å². The minimum Gasteiger partial charge on any atom is -0.338 e. The van der Waals surface area contributed by atoms with Crippen molar-refractivity contribution in [3.8, 4) is 0 Å². The summed E-state index contributed by atoms with van der Waals surface area (Å²) in [6.07, 6.45) is 0.347. The number of carbonyl (C=O) groups excluding carboxylic acids is 3. The number of imide groups is 1. The molecule has 7 heteroatoms. The van der Waals surface area contributed by atoms with E-state index in [0.717, 1.165) is 0 Å². The van der Waals surface area contributed by atoms with Crippen LogP contribution < -0.4 is 21.3 Å². The van der Waals surface area contributed by atoms with Gasteiger partial charge in [0.05, 0.1) is 0 Å². The van der Waals surface area contributed by atoms with E-state index >= 15 is 0 Å². The maximum Gasteiger partial charge on any atom is 0.322 e. The molecule has 1 aliphatic rings. The lowest BCUT2D eigenvalue weighted by molar-refractivity contribution is -0.120. The number of carbonyl (C=O) groups is 3. The van der Waals surface area contributed by atoms with E-state index < -0.39 is 12.1 Å². The van der Waals surface area contributed by atoms with Gasteiger partial charge >= 0.3 is 12.1 Å². The van der Waals surface area contributed by atoms with E-state index in [2.05, 4.69) is 21.3 Å². The van der Waals surface area contributed by atoms with E-state index in [-0.39, 0.29) is 18.5 Å². The molecule has 0 saturated carbocycles. The molecule has 1 fully saturated rings. The zero-order chi connectivity index (χ0) is 13.7. The maximum atomic E-state index is 11.5. The predicted octanol–water partition coefficient (Wildman–Crippen LogP) is 0.406. The zero-order valence-corrected chi connectivity index (χ0v) is 10.1. The number of hydrogen-bond donors (Lipinski definition) is 4. The first-order valence-corrected chi connectivity index (χ1v) is 5.86. The van der Waals surface area contributed by atoms with Crippen LogP contribution in [0.3, 0.4) is 0 Å². The summed E-state index contributed by atoms with van der Waals surface area (Å²) in [7, 11) is 0. The van der Waals surface area contributed by atoms with Gasteiger partial charge in [0.1, 0.15) is 6.04 Å². The average molecular weight is 262 g/mol. The van der Waals surface area contributed by atoms with Gasteiger partial charge in [0.25, 0.3) is 5.91 Å². The molecule has 1 unspecified atom stereocenters. The van der Waals surface area contributed by atoms with Gasteiger partial charge in [-0.05, 0) is 18.6 Å². The zero-order valence-electron chi connectivity index (χ0n) is 10.1. The Balaban J connectivity index is 1.70. The molecule has 7 nitrogen and oxygen atoms in total. The minimum absolute atomic E-state index is 0.289. The highest BCUT2D eigenvalue weighted by Crippen LogP contribution is 2.04. The van der Waals surface area contributed by atoms with Gasteiger partial charge in [0, 0.05) is 12.2 Å². The maximum absolute atomic E-state index is 11.5. The smallest absolute Gasteiger partial charge is 0.322 e. The fourth-order valence-corrected chi connectivity index (χ4v) is 1.69. The Morgan fingerprint density at radius 3 is 2.58 bits per heavy atom. The number of benzene rings is 1. The van der Waals surface area contributed by atoms with E-state index in [9.17, 15) is 14.4 Å². The SMILES string of the molecule is O=C(NCCC1NC(=O)NC1=O)Nc1ccccc1. The summed E-state index contributed by atoms with van der Waals surface area (Å²) in [6, 6.07) is 7.59. The van der Waals surface area contributed by atoms with Crippen LogP contribution in [0.2, 0.25) is 0 Å². The summed E-state index contributed by atoms with van der Waals surface area (Å²) >= 11 is 0. The first-order valence-electron chi connectivity index (χ1n) is 5.86. The molecule has 0 aliphatic carbocycles. The monoisotopic (exact) mass is 262 g/mol. The topological polar surface area (TPSA) is 99.3 Å². The van der Waals surface area contributed by atoms with Crippen molar-refractivity contribution in [2.45, 2.75) is 12.5 Å². The third-order valence-corrected chi connectivity index (χ3v) is 2.61. The Morgan fingerprint density at radius 2 is 1.95 bits per heavy atom. The number of para-hydroxylation sites is 1. The van der Waals surface area contributed by atoms with Gasteiger partial charge in [-0.3, -0.25) is 10.1 Å². The van der Waals surface area contributed by atoms with Crippen LogP contribution in [0.1, 0.15) is 6.42 Å². The second-order valence-corrected chi connectivity index (χ2v) is 4.05. The largest absolute Gasteiger partial charge is 0.338 e. The third-order valence-electron chi connectivity index (χ3n) is 2.61. The molecule has 1 heterocycles. The Bertz CT molecular complexity index is 489. The average Bonchev–Trinajstić information content (AvgIpc) is 2.69. The standard InChI is InChI=1S/C12H14N4O3/c17-10-9(15-12(19)16-10)6-7-13-11(18)14-8-4-2-1-3-5-8/h1-5,9H,6-7H2,(H2,13,14,18)(H2,15,16,17,19). The summed E-state index contributed by atoms with van der Waals surface area (Å²) < 4.78 is 0. The molecule has 1 saturated heterocycles. The minimum atomic E-state index is -0.579. The molecular formula is C12H14N4O3. The molecule has 0 aromatic heterocycles. The van der Waals surface area contributed by atoms with Crippen LogP contribution in [-0.4, -0.2) is 30.6 Å². The van der Waals surface area contributed by atoms with Crippen LogP contribution in [0.15, 0.2) is 30.3 Å². The van der Waals surface area contributed by atoms with E-state index in [1.54, 1.807) is 12.1 Å². The molecule has 1 aliphatic heterocycles. The lowest BCUT2D eigenvalue weighted by Gasteiger charge is -2.09. The molecule has 1 atom stereocenters. The number of amides is 5. The molecule has 0 radical (unpaired) electrons. The molecule has 0 spiro atoms. The Morgan fingerprint density at radius 1 is 1.21 bits per heavy atom. The van der Waals surface area contributed by atoms with Crippen LogP contribution in [0.25, 0.3) is 0 Å². The molecular weight excluding hydrogens is 248 g/mol. The van der Waals surface area contributed by atoms with Crippen molar-refractivity contribution in [1.82, 2.24) is 16.0 Å². The van der Waals surface area contributed by atoms with Crippen molar-refractivity contribution < 1.29 is 14.4 Å². The van der Waals surface area contributed by atoms with Gasteiger partial charge in [-0.1, -0.05) is 18.2 Å². The van der Waals surface area contributed by atoms with E-state index in [4.69, 9.17) is 0 Å². The molecule has 1 aromatic rings. The van der Waals surface area contributed by atoms with E-state index in [1.807, 2.05) is 18.2 Å². The molecule has 100 valence electrons. The van der Waals surface area contributed by atoms with Crippen LogP contribution >= 0.6 is 0 Å². The van der Waals surface area contributed by atoms with Crippen LogP contribution in [0.5, 0.6) is 0 Å². The third kappa shape index (κ3) is 3.70. The summed E-state index contributed by atoms with van der Waals surface area (Å²) in [5.41, 5.74) is 0.687. The summed E-state index contributed by atoms with van der Waals surface area (Å²) in [4.78, 5) is 33.6. The number of nitrogens with one attached hydrogen (secondary N) is 4. The molecule has 2 rings (SSSR count). The molecule has 4 N–H and O–H groups in total. The first kappa shape index (κ1) is 12.9. The quantitative estimate of drug-likeness (QED) is 0.591. The van der Waals surface area contributed by atoms with Crippen LogP contribution in [0, 0.1) is 0 Å². The van der Waals surface area contributed by atoms with E-state index in [1.165, 1.54) is 0 Å². The number of anilines is 1. The number of rotatable bonds is 4. The normalized spacial score (nSPS) is 17.6.